The Kier molecular flexibility index (Phi) is 3.22. The van der Waals surface area contributed by atoms with Crippen molar-refractivity contribution in [2.75, 3.05) is 5.32 Å². The Balaban J connectivity index is 2.06. The van der Waals surface area contributed by atoms with E-state index in [0.717, 1.165) is 18.9 Å². The summed E-state index contributed by atoms with van der Waals surface area (Å²) in [7, 11) is 0. The minimum absolute atomic E-state index is 0.0296. The Morgan fingerprint density at radius 1 is 1.06 bits per heavy atom. The lowest BCUT2D eigenvalue weighted by atomic mass is 10.2. The Morgan fingerprint density at radius 2 is 1.72 bits per heavy atom. The molecule has 0 bridgehead atoms. The maximum absolute atomic E-state index is 13.2. The van der Waals surface area contributed by atoms with E-state index in [0.29, 0.717) is 6.07 Å². The largest absolute Gasteiger partial charge is 0.345 e. The average Bonchev–Trinajstić information content (AvgIpc) is 3.13. The lowest BCUT2D eigenvalue weighted by Gasteiger charge is -2.07. The van der Waals surface area contributed by atoms with Crippen LogP contribution in [0.3, 0.4) is 0 Å². The molecule has 0 atom stereocenters. The maximum Gasteiger partial charge on any atom is 0.313 e. The summed E-state index contributed by atoms with van der Waals surface area (Å²) in [5.41, 5.74) is -0.579. The van der Waals surface area contributed by atoms with Crippen molar-refractivity contribution in [3.05, 3.63) is 29.6 Å². The Hall–Kier alpha value is -2.05. The summed E-state index contributed by atoms with van der Waals surface area (Å²) in [6, 6.07) is 1.47. The van der Waals surface area contributed by atoms with Crippen LogP contribution < -0.4 is 10.6 Å². The first-order valence-corrected chi connectivity index (χ1v) is 5.24. The van der Waals surface area contributed by atoms with Crippen LogP contribution in [-0.4, -0.2) is 17.9 Å². The molecule has 0 heterocycles. The number of halogens is 3. The van der Waals surface area contributed by atoms with Crippen LogP contribution in [0, 0.1) is 17.5 Å². The third-order valence-corrected chi connectivity index (χ3v) is 2.40. The molecule has 2 N–H and O–H groups in total. The molecule has 0 spiro atoms. The van der Waals surface area contributed by atoms with E-state index in [9.17, 15) is 22.8 Å². The van der Waals surface area contributed by atoms with Crippen molar-refractivity contribution >= 4 is 17.5 Å². The van der Waals surface area contributed by atoms with Crippen LogP contribution in [0.2, 0.25) is 0 Å². The van der Waals surface area contributed by atoms with Gasteiger partial charge in [-0.05, 0) is 25.0 Å². The van der Waals surface area contributed by atoms with E-state index in [-0.39, 0.29) is 6.04 Å². The third-order valence-electron chi connectivity index (χ3n) is 2.40. The van der Waals surface area contributed by atoms with E-state index < -0.39 is 35.0 Å². The number of carbonyl (C=O) groups is 2. The van der Waals surface area contributed by atoms with E-state index in [1.165, 1.54) is 0 Å². The Morgan fingerprint density at radius 3 is 2.33 bits per heavy atom. The zero-order valence-corrected chi connectivity index (χ0v) is 9.10. The molecule has 0 unspecified atom stereocenters. The summed E-state index contributed by atoms with van der Waals surface area (Å²) < 4.78 is 38.7. The molecule has 0 radical (unpaired) electrons. The Labute approximate surface area is 100 Å². The number of carbonyl (C=O) groups excluding carboxylic acids is 2. The molecule has 1 aromatic rings. The molecule has 7 heteroatoms. The smallest absolute Gasteiger partial charge is 0.313 e. The van der Waals surface area contributed by atoms with Gasteiger partial charge < -0.3 is 10.6 Å². The van der Waals surface area contributed by atoms with Gasteiger partial charge in [0.25, 0.3) is 0 Å². The summed E-state index contributed by atoms with van der Waals surface area (Å²) in [6.45, 7) is 0. The highest BCUT2D eigenvalue weighted by atomic mass is 19.2. The van der Waals surface area contributed by atoms with Crippen LogP contribution in [0.5, 0.6) is 0 Å². The second-order valence-electron chi connectivity index (χ2n) is 3.92. The van der Waals surface area contributed by atoms with Gasteiger partial charge in [-0.1, -0.05) is 0 Å². The number of nitrogens with one attached hydrogen (secondary N) is 2. The van der Waals surface area contributed by atoms with Crippen LogP contribution in [0.15, 0.2) is 12.1 Å². The lowest BCUT2D eigenvalue weighted by Crippen LogP contribution is -2.36. The minimum atomic E-state index is -1.70. The van der Waals surface area contributed by atoms with Gasteiger partial charge in [-0.15, -0.1) is 0 Å². The molecule has 1 aliphatic carbocycles. The van der Waals surface area contributed by atoms with Crippen molar-refractivity contribution in [3.63, 3.8) is 0 Å². The quantitative estimate of drug-likeness (QED) is 0.621. The summed E-state index contributed by atoms with van der Waals surface area (Å²) in [5, 5.41) is 4.26. The van der Waals surface area contributed by atoms with E-state index in [1.807, 2.05) is 5.32 Å². The van der Waals surface area contributed by atoms with Crippen molar-refractivity contribution in [2.24, 2.45) is 0 Å². The number of rotatable bonds is 2. The highest BCUT2D eigenvalue weighted by Gasteiger charge is 2.27. The van der Waals surface area contributed by atoms with Gasteiger partial charge in [0.2, 0.25) is 0 Å². The van der Waals surface area contributed by atoms with Crippen LogP contribution >= 0.6 is 0 Å². The second-order valence-corrected chi connectivity index (χ2v) is 3.92. The van der Waals surface area contributed by atoms with Gasteiger partial charge in [0.15, 0.2) is 17.5 Å². The zero-order valence-electron chi connectivity index (χ0n) is 9.10. The lowest BCUT2D eigenvalue weighted by molar-refractivity contribution is -0.136. The molecular weight excluding hydrogens is 249 g/mol. The molecule has 96 valence electrons. The zero-order chi connectivity index (χ0) is 13.3. The number of benzene rings is 1. The molecule has 1 aromatic carbocycles. The van der Waals surface area contributed by atoms with Gasteiger partial charge in [0.05, 0.1) is 5.69 Å². The molecule has 1 fully saturated rings. The fourth-order valence-electron chi connectivity index (χ4n) is 1.28. The third kappa shape index (κ3) is 2.61. The number of hydrogen-bond donors (Lipinski definition) is 2. The summed E-state index contributed by atoms with van der Waals surface area (Å²) >= 11 is 0. The summed E-state index contributed by atoms with van der Waals surface area (Å²) in [5.74, 6) is -6.65. The van der Waals surface area contributed by atoms with Crippen molar-refractivity contribution < 1.29 is 22.8 Å². The Bertz CT molecular complexity index is 515. The van der Waals surface area contributed by atoms with E-state index in [4.69, 9.17) is 0 Å². The fraction of sp³-hybridized carbons (Fsp3) is 0.273. The molecule has 18 heavy (non-hydrogen) atoms. The molecule has 1 saturated carbocycles. The molecule has 0 saturated heterocycles. The van der Waals surface area contributed by atoms with Crippen LogP contribution in [0.1, 0.15) is 12.8 Å². The van der Waals surface area contributed by atoms with E-state index in [2.05, 4.69) is 5.32 Å². The molecule has 0 aromatic heterocycles. The van der Waals surface area contributed by atoms with Crippen LogP contribution in [0.25, 0.3) is 0 Å². The molecule has 2 rings (SSSR count). The highest BCUT2D eigenvalue weighted by molar-refractivity contribution is 6.39. The van der Waals surface area contributed by atoms with E-state index >= 15 is 0 Å². The first kappa shape index (κ1) is 12.4. The summed E-state index contributed by atoms with van der Waals surface area (Å²) in [4.78, 5) is 22.6. The molecule has 4 nitrogen and oxygen atoms in total. The van der Waals surface area contributed by atoms with Crippen molar-refractivity contribution in [1.29, 1.82) is 0 Å². The monoisotopic (exact) mass is 258 g/mol. The minimum Gasteiger partial charge on any atom is -0.345 e. The van der Waals surface area contributed by atoms with Gasteiger partial charge in [-0.25, -0.2) is 13.2 Å². The van der Waals surface area contributed by atoms with E-state index in [1.54, 1.807) is 0 Å². The molecular formula is C11H9F3N2O2. The SMILES string of the molecule is O=C(Nc1ccc(F)c(F)c1F)C(=O)NC1CC1. The maximum atomic E-state index is 13.2. The van der Waals surface area contributed by atoms with Gasteiger partial charge >= 0.3 is 11.8 Å². The average molecular weight is 258 g/mol. The van der Waals surface area contributed by atoms with Crippen molar-refractivity contribution in [1.82, 2.24) is 5.32 Å². The summed E-state index contributed by atoms with van der Waals surface area (Å²) in [6.07, 6.45) is 1.58. The van der Waals surface area contributed by atoms with Crippen molar-refractivity contribution in [2.45, 2.75) is 18.9 Å². The first-order chi connectivity index (χ1) is 8.49. The standard InChI is InChI=1S/C11H9F3N2O2/c12-6-3-4-7(9(14)8(6)13)16-11(18)10(17)15-5-1-2-5/h3-5H,1-2H2,(H,15,17)(H,16,18). The fourth-order valence-corrected chi connectivity index (χ4v) is 1.28. The molecule has 2 amide bonds. The van der Waals surface area contributed by atoms with Crippen LogP contribution in [0.4, 0.5) is 18.9 Å². The molecule has 1 aliphatic rings. The number of hydrogen-bond acceptors (Lipinski definition) is 2. The second kappa shape index (κ2) is 4.67. The van der Waals surface area contributed by atoms with Gasteiger partial charge in [0, 0.05) is 6.04 Å². The van der Waals surface area contributed by atoms with Crippen molar-refractivity contribution in [3.8, 4) is 0 Å². The van der Waals surface area contributed by atoms with Gasteiger partial charge in [-0.2, -0.15) is 0 Å². The highest BCUT2D eigenvalue weighted by Crippen LogP contribution is 2.20. The first-order valence-electron chi connectivity index (χ1n) is 5.24. The number of anilines is 1. The molecule has 0 aliphatic heterocycles. The predicted octanol–water partition coefficient (Wildman–Crippen LogP) is 1.32. The number of amides is 2. The van der Waals surface area contributed by atoms with Gasteiger partial charge in [0.1, 0.15) is 0 Å². The normalized spacial score (nSPS) is 14.2. The van der Waals surface area contributed by atoms with Crippen LogP contribution in [-0.2, 0) is 9.59 Å². The predicted molar refractivity (Wildman–Crippen MR) is 56.1 cm³/mol. The topological polar surface area (TPSA) is 58.2 Å². The van der Waals surface area contributed by atoms with Gasteiger partial charge in [-0.3, -0.25) is 9.59 Å².